The maximum Gasteiger partial charge on any atom is 0.258 e. The van der Waals surface area contributed by atoms with Crippen LogP contribution in [0.15, 0.2) is 54.6 Å². The van der Waals surface area contributed by atoms with Crippen molar-refractivity contribution < 1.29 is 13.2 Å². The number of pyridine rings is 1. The molecule has 0 bridgehead atoms. The molecule has 3 aromatic rings. The Morgan fingerprint density at radius 1 is 1.10 bits per heavy atom. The summed E-state index contributed by atoms with van der Waals surface area (Å²) in [5.74, 6) is -1.11. The number of nitrogens with one attached hydrogen (secondary N) is 3. The van der Waals surface area contributed by atoms with Gasteiger partial charge >= 0.3 is 0 Å². The van der Waals surface area contributed by atoms with E-state index in [1.165, 1.54) is 0 Å². The minimum Gasteiger partial charge on any atom is -0.370 e. The summed E-state index contributed by atoms with van der Waals surface area (Å²) in [5.41, 5.74) is 7.62. The van der Waals surface area contributed by atoms with E-state index < -0.39 is 27.1 Å². The van der Waals surface area contributed by atoms with Crippen molar-refractivity contribution in [2.45, 2.75) is 24.5 Å². The van der Waals surface area contributed by atoms with Crippen LogP contribution in [-0.4, -0.2) is 30.5 Å². The van der Waals surface area contributed by atoms with Gasteiger partial charge in [0.15, 0.2) is 5.96 Å². The molecule has 30 heavy (non-hydrogen) atoms. The summed E-state index contributed by atoms with van der Waals surface area (Å²) >= 11 is 0. The molecule has 0 unspecified atom stereocenters. The van der Waals surface area contributed by atoms with Crippen molar-refractivity contribution in [3.63, 3.8) is 0 Å². The van der Waals surface area contributed by atoms with E-state index in [1.807, 2.05) is 30.3 Å². The van der Waals surface area contributed by atoms with Crippen LogP contribution in [0.3, 0.4) is 0 Å². The molecule has 4 rings (SSSR count). The molecule has 1 saturated carbocycles. The lowest BCUT2D eigenvalue weighted by molar-refractivity contribution is 0.0978. The van der Waals surface area contributed by atoms with Crippen molar-refractivity contribution in [3.05, 3.63) is 60.2 Å². The van der Waals surface area contributed by atoms with E-state index in [9.17, 15) is 13.2 Å². The highest BCUT2D eigenvalue weighted by Gasteiger charge is 2.32. The van der Waals surface area contributed by atoms with Gasteiger partial charge in [-0.05, 0) is 31.0 Å². The largest absolute Gasteiger partial charge is 0.370 e. The predicted octanol–water partition coefficient (Wildman–Crippen LogP) is 2.82. The van der Waals surface area contributed by atoms with Crippen LogP contribution in [0.25, 0.3) is 22.2 Å². The summed E-state index contributed by atoms with van der Waals surface area (Å²) in [6.07, 6.45) is 2.12. The summed E-state index contributed by atoms with van der Waals surface area (Å²) in [6, 6.07) is 15.9. The van der Waals surface area contributed by atoms with Gasteiger partial charge in [-0.1, -0.05) is 42.8 Å². The van der Waals surface area contributed by atoms with Gasteiger partial charge < -0.3 is 5.73 Å². The van der Waals surface area contributed by atoms with Gasteiger partial charge in [0.05, 0.1) is 27.7 Å². The van der Waals surface area contributed by atoms with E-state index in [-0.39, 0.29) is 11.3 Å². The molecule has 1 fully saturated rings. The number of benzene rings is 2. The van der Waals surface area contributed by atoms with E-state index in [4.69, 9.17) is 11.1 Å². The van der Waals surface area contributed by atoms with E-state index >= 15 is 0 Å². The molecule has 5 N–H and O–H groups in total. The number of carbonyl (C=O) groups is 1. The van der Waals surface area contributed by atoms with Crippen LogP contribution in [0, 0.1) is 5.41 Å². The number of carbonyl (C=O) groups excluding carboxylic acids is 1. The van der Waals surface area contributed by atoms with Gasteiger partial charge in [0.2, 0.25) is 10.0 Å². The van der Waals surface area contributed by atoms with Crippen LogP contribution < -0.4 is 15.8 Å². The first-order valence-corrected chi connectivity index (χ1v) is 11.1. The normalized spacial score (nSPS) is 14.1. The van der Waals surface area contributed by atoms with Crippen LogP contribution >= 0.6 is 0 Å². The second kappa shape index (κ2) is 7.75. The Hall–Kier alpha value is -3.46. The Balaban J connectivity index is 1.89. The number of nitrogens with zero attached hydrogens (tertiary/aromatic N) is 1. The van der Waals surface area contributed by atoms with Crippen LogP contribution in [0.1, 0.15) is 29.6 Å². The van der Waals surface area contributed by atoms with Gasteiger partial charge in [0.1, 0.15) is 0 Å². The SMILES string of the molecule is N=C(N)NC(=O)c1cc(-c2ccccc2)nc2cccc(NS(=O)(=O)C3CCC3)c12. The highest BCUT2D eigenvalue weighted by atomic mass is 32.2. The average Bonchev–Trinajstić information content (AvgIpc) is 2.65. The topological polar surface area (TPSA) is 138 Å². The average molecular weight is 423 g/mol. The Morgan fingerprint density at radius 2 is 1.83 bits per heavy atom. The Kier molecular flexibility index (Phi) is 5.13. The zero-order chi connectivity index (χ0) is 21.3. The van der Waals surface area contributed by atoms with Gasteiger partial charge in [0, 0.05) is 10.9 Å². The van der Waals surface area contributed by atoms with Crippen molar-refractivity contribution in [3.8, 4) is 11.3 Å². The van der Waals surface area contributed by atoms with Crippen molar-refractivity contribution >= 4 is 38.5 Å². The molecule has 0 aliphatic heterocycles. The number of anilines is 1. The van der Waals surface area contributed by atoms with Gasteiger partial charge in [0.25, 0.3) is 5.91 Å². The maximum atomic E-state index is 12.8. The monoisotopic (exact) mass is 423 g/mol. The first-order valence-electron chi connectivity index (χ1n) is 9.51. The summed E-state index contributed by atoms with van der Waals surface area (Å²) in [6.45, 7) is 0. The molecule has 0 spiro atoms. The summed E-state index contributed by atoms with van der Waals surface area (Å²) in [4.78, 5) is 17.5. The number of guanidine groups is 1. The summed E-state index contributed by atoms with van der Waals surface area (Å²) in [7, 11) is -3.57. The number of fused-ring (bicyclic) bond motifs is 1. The van der Waals surface area contributed by atoms with Crippen molar-refractivity contribution in [2.24, 2.45) is 5.73 Å². The molecular formula is C21H21N5O3S. The lowest BCUT2D eigenvalue weighted by Gasteiger charge is -2.26. The van der Waals surface area contributed by atoms with Crippen molar-refractivity contribution in [2.75, 3.05) is 4.72 Å². The van der Waals surface area contributed by atoms with Crippen LogP contribution in [-0.2, 0) is 10.0 Å². The number of sulfonamides is 1. The molecule has 1 aromatic heterocycles. The molecule has 1 aliphatic carbocycles. The molecule has 0 radical (unpaired) electrons. The van der Waals surface area contributed by atoms with E-state index in [1.54, 1.807) is 24.3 Å². The van der Waals surface area contributed by atoms with Crippen molar-refractivity contribution in [1.82, 2.24) is 10.3 Å². The van der Waals surface area contributed by atoms with Gasteiger partial charge in [-0.3, -0.25) is 20.2 Å². The molecule has 0 saturated heterocycles. The third-order valence-corrected chi connectivity index (χ3v) is 6.99. The van der Waals surface area contributed by atoms with Crippen LogP contribution in [0.2, 0.25) is 0 Å². The lowest BCUT2D eigenvalue weighted by Crippen LogP contribution is -2.36. The molecule has 1 amide bonds. The zero-order valence-electron chi connectivity index (χ0n) is 16.1. The number of nitrogens with two attached hydrogens (primary N) is 1. The molecule has 1 heterocycles. The summed E-state index contributed by atoms with van der Waals surface area (Å²) in [5, 5.41) is 9.62. The first-order chi connectivity index (χ1) is 14.3. The van der Waals surface area contributed by atoms with E-state index in [2.05, 4.69) is 15.0 Å². The molecule has 1 aliphatic rings. The van der Waals surface area contributed by atoms with Crippen molar-refractivity contribution in [1.29, 1.82) is 5.41 Å². The minimum atomic E-state index is -3.57. The molecule has 2 aromatic carbocycles. The number of rotatable bonds is 5. The number of aromatic nitrogens is 1. The van der Waals surface area contributed by atoms with Gasteiger partial charge in [-0.15, -0.1) is 0 Å². The smallest absolute Gasteiger partial charge is 0.258 e. The lowest BCUT2D eigenvalue weighted by atomic mass is 10.0. The van der Waals surface area contributed by atoms with Gasteiger partial charge in [-0.25, -0.2) is 13.4 Å². The first kappa shape index (κ1) is 19.8. The third kappa shape index (κ3) is 3.84. The third-order valence-electron chi connectivity index (χ3n) is 5.14. The number of hydrogen-bond donors (Lipinski definition) is 4. The predicted molar refractivity (Wildman–Crippen MR) is 117 cm³/mol. The minimum absolute atomic E-state index is 0.181. The summed E-state index contributed by atoms with van der Waals surface area (Å²) < 4.78 is 28.0. The number of hydrogen-bond acceptors (Lipinski definition) is 5. The second-order valence-corrected chi connectivity index (χ2v) is 9.15. The standard InChI is InChI=1S/C21H21N5O3S/c22-21(23)25-20(27)15-12-18(13-6-2-1-3-7-13)24-16-10-5-11-17(19(15)16)26-30(28,29)14-8-4-9-14/h1-3,5-7,10-12,14,26H,4,8-9H2,(H4,22,23,25,27). The Labute approximate surface area is 174 Å². The molecule has 154 valence electrons. The Morgan fingerprint density at radius 3 is 2.47 bits per heavy atom. The molecular weight excluding hydrogens is 402 g/mol. The second-order valence-electron chi connectivity index (χ2n) is 7.19. The van der Waals surface area contributed by atoms with Crippen LogP contribution in [0.4, 0.5) is 5.69 Å². The Bertz CT molecular complexity index is 1240. The quantitative estimate of drug-likeness (QED) is 0.369. The maximum absolute atomic E-state index is 12.8. The fraction of sp³-hybridized carbons (Fsp3) is 0.190. The fourth-order valence-corrected chi connectivity index (χ4v) is 5.01. The zero-order valence-corrected chi connectivity index (χ0v) is 16.9. The van der Waals surface area contributed by atoms with Crippen LogP contribution in [0.5, 0.6) is 0 Å². The van der Waals surface area contributed by atoms with Gasteiger partial charge in [-0.2, -0.15) is 0 Å². The molecule has 0 atom stereocenters. The fourth-order valence-electron chi connectivity index (χ4n) is 3.42. The van der Waals surface area contributed by atoms with E-state index in [0.29, 0.717) is 29.4 Å². The molecule has 8 nitrogen and oxygen atoms in total. The molecule has 9 heteroatoms. The highest BCUT2D eigenvalue weighted by molar-refractivity contribution is 7.93. The van der Waals surface area contributed by atoms with E-state index in [0.717, 1.165) is 12.0 Å². The number of amides is 1. The highest BCUT2D eigenvalue weighted by Crippen LogP contribution is 2.33.